The summed E-state index contributed by atoms with van der Waals surface area (Å²) in [4.78, 5) is 30.8. The van der Waals surface area contributed by atoms with E-state index in [1.54, 1.807) is 12.0 Å². The number of carboxylic acids is 1. The van der Waals surface area contributed by atoms with E-state index >= 15 is 0 Å². The number of carbonyl (C=O) groups excluding carboxylic acids is 1. The molecule has 1 saturated carbocycles. The molecule has 1 amide bonds. The summed E-state index contributed by atoms with van der Waals surface area (Å²) in [6.45, 7) is 4.74. The molecule has 144 valence electrons. The molecule has 27 heavy (non-hydrogen) atoms. The Morgan fingerprint density at radius 1 is 1.30 bits per heavy atom. The number of benzene rings is 1. The summed E-state index contributed by atoms with van der Waals surface area (Å²) < 4.78 is 5.32. The average Bonchev–Trinajstić information content (AvgIpc) is 3.48. The van der Waals surface area contributed by atoms with Crippen LogP contribution in [0.15, 0.2) is 24.3 Å². The molecule has 1 N–H and O–H groups in total. The topological polar surface area (TPSA) is 79.7 Å². The van der Waals surface area contributed by atoms with E-state index in [4.69, 9.17) is 14.8 Å². The molecule has 1 aliphatic carbocycles. The SMILES string of the molecule is COc1ccc2nc(C3CC3)cc(C(=O)N(CCC(=O)O)CC(C)C)c2c1. The summed E-state index contributed by atoms with van der Waals surface area (Å²) in [5.41, 5.74) is 2.29. The quantitative estimate of drug-likeness (QED) is 0.766. The number of ether oxygens (including phenoxy) is 1. The standard InChI is InChI=1S/C21H26N2O4/c1-13(2)12-23(9-8-20(24)25)21(26)17-11-19(14-4-5-14)22-18-7-6-15(27-3)10-16(17)18/h6-7,10-11,13-14H,4-5,8-9,12H2,1-3H3,(H,24,25). The van der Waals surface area contributed by atoms with Crippen molar-refractivity contribution in [1.29, 1.82) is 0 Å². The van der Waals surface area contributed by atoms with Gasteiger partial charge in [0.05, 0.1) is 24.6 Å². The number of hydrogen-bond acceptors (Lipinski definition) is 4. The van der Waals surface area contributed by atoms with Crippen LogP contribution in [0.4, 0.5) is 0 Å². The lowest BCUT2D eigenvalue weighted by Gasteiger charge is -2.25. The van der Waals surface area contributed by atoms with Gasteiger partial charge in [-0.2, -0.15) is 0 Å². The van der Waals surface area contributed by atoms with Gasteiger partial charge in [-0.25, -0.2) is 0 Å². The normalized spacial score (nSPS) is 13.8. The molecule has 0 spiro atoms. The van der Waals surface area contributed by atoms with E-state index < -0.39 is 5.97 Å². The number of fused-ring (bicyclic) bond motifs is 1. The molecular formula is C21H26N2O4. The fraction of sp³-hybridized carbons (Fsp3) is 0.476. The lowest BCUT2D eigenvalue weighted by Crippen LogP contribution is -2.36. The Labute approximate surface area is 159 Å². The molecule has 0 unspecified atom stereocenters. The third kappa shape index (κ3) is 4.56. The molecule has 1 fully saturated rings. The predicted octanol–water partition coefficient (Wildman–Crippen LogP) is 3.69. The Bertz CT molecular complexity index is 859. The van der Waals surface area contributed by atoms with E-state index in [2.05, 4.69) is 0 Å². The van der Waals surface area contributed by atoms with Gasteiger partial charge in [-0.05, 0) is 43.0 Å². The number of aliphatic carboxylic acids is 1. The fourth-order valence-corrected chi connectivity index (χ4v) is 3.23. The summed E-state index contributed by atoms with van der Waals surface area (Å²) in [5, 5.41) is 9.79. The molecule has 1 aromatic carbocycles. The molecule has 0 radical (unpaired) electrons. The number of pyridine rings is 1. The highest BCUT2D eigenvalue weighted by Crippen LogP contribution is 2.40. The first-order chi connectivity index (χ1) is 12.9. The van der Waals surface area contributed by atoms with Crippen LogP contribution in [0.3, 0.4) is 0 Å². The van der Waals surface area contributed by atoms with Crippen LogP contribution in [-0.2, 0) is 4.79 Å². The van der Waals surface area contributed by atoms with Gasteiger partial charge in [-0.3, -0.25) is 14.6 Å². The molecule has 0 aliphatic heterocycles. The first-order valence-corrected chi connectivity index (χ1v) is 9.38. The van der Waals surface area contributed by atoms with Crippen molar-refractivity contribution in [1.82, 2.24) is 9.88 Å². The molecule has 0 bridgehead atoms. The van der Waals surface area contributed by atoms with Crippen molar-refractivity contribution < 1.29 is 19.4 Å². The van der Waals surface area contributed by atoms with Crippen LogP contribution >= 0.6 is 0 Å². The summed E-state index contributed by atoms with van der Waals surface area (Å²) in [6.07, 6.45) is 2.12. The van der Waals surface area contributed by atoms with Gasteiger partial charge in [0, 0.05) is 30.1 Å². The van der Waals surface area contributed by atoms with Gasteiger partial charge in [-0.1, -0.05) is 13.8 Å². The number of rotatable bonds is 8. The van der Waals surface area contributed by atoms with Gasteiger partial charge >= 0.3 is 5.97 Å². The second-order valence-corrected chi connectivity index (χ2v) is 7.54. The Balaban J connectivity index is 2.04. The number of hydrogen-bond donors (Lipinski definition) is 1. The van der Waals surface area contributed by atoms with E-state index in [1.807, 2.05) is 38.1 Å². The lowest BCUT2D eigenvalue weighted by molar-refractivity contribution is -0.137. The maximum absolute atomic E-state index is 13.4. The molecule has 6 nitrogen and oxygen atoms in total. The van der Waals surface area contributed by atoms with E-state index in [-0.39, 0.29) is 24.8 Å². The third-order valence-electron chi connectivity index (χ3n) is 4.73. The summed E-state index contributed by atoms with van der Waals surface area (Å²) in [6, 6.07) is 7.43. The molecule has 0 saturated heterocycles. The largest absolute Gasteiger partial charge is 0.497 e. The minimum absolute atomic E-state index is 0.0692. The molecule has 1 aromatic heterocycles. The van der Waals surface area contributed by atoms with Crippen LogP contribution < -0.4 is 4.74 Å². The van der Waals surface area contributed by atoms with Crippen molar-refractivity contribution in [2.45, 2.75) is 39.0 Å². The minimum atomic E-state index is -0.906. The average molecular weight is 370 g/mol. The van der Waals surface area contributed by atoms with Crippen LogP contribution in [0.1, 0.15) is 55.1 Å². The number of aromatic nitrogens is 1. The second-order valence-electron chi connectivity index (χ2n) is 7.54. The second kappa shape index (κ2) is 7.94. The van der Waals surface area contributed by atoms with Crippen LogP contribution in [0.2, 0.25) is 0 Å². The molecule has 2 aromatic rings. The molecular weight excluding hydrogens is 344 g/mol. The zero-order chi connectivity index (χ0) is 19.6. The fourth-order valence-electron chi connectivity index (χ4n) is 3.23. The molecule has 3 rings (SSSR count). The number of carboxylic acid groups (broad SMARTS) is 1. The number of methoxy groups -OCH3 is 1. The first kappa shape index (κ1) is 19.1. The van der Waals surface area contributed by atoms with Crippen molar-refractivity contribution in [2.75, 3.05) is 20.2 Å². The number of nitrogens with zero attached hydrogens (tertiary/aromatic N) is 2. The predicted molar refractivity (Wildman–Crippen MR) is 103 cm³/mol. The van der Waals surface area contributed by atoms with Gasteiger partial charge in [0.1, 0.15) is 5.75 Å². The van der Waals surface area contributed by atoms with Crippen molar-refractivity contribution in [3.8, 4) is 5.75 Å². The highest BCUT2D eigenvalue weighted by molar-refractivity contribution is 6.06. The summed E-state index contributed by atoms with van der Waals surface area (Å²) >= 11 is 0. The Morgan fingerprint density at radius 2 is 2.04 bits per heavy atom. The Hall–Kier alpha value is -2.63. The molecule has 1 heterocycles. The van der Waals surface area contributed by atoms with Crippen molar-refractivity contribution in [3.05, 3.63) is 35.5 Å². The van der Waals surface area contributed by atoms with E-state index in [1.165, 1.54) is 0 Å². The maximum Gasteiger partial charge on any atom is 0.305 e. The number of carbonyl (C=O) groups is 2. The number of amides is 1. The van der Waals surface area contributed by atoms with Crippen molar-refractivity contribution >= 4 is 22.8 Å². The van der Waals surface area contributed by atoms with Crippen molar-refractivity contribution in [3.63, 3.8) is 0 Å². The zero-order valence-corrected chi connectivity index (χ0v) is 16.1. The lowest BCUT2D eigenvalue weighted by atomic mass is 10.0. The van der Waals surface area contributed by atoms with Gasteiger partial charge in [-0.15, -0.1) is 0 Å². The third-order valence-corrected chi connectivity index (χ3v) is 4.73. The van der Waals surface area contributed by atoms with Crippen LogP contribution in [-0.4, -0.2) is 47.1 Å². The monoisotopic (exact) mass is 370 g/mol. The van der Waals surface area contributed by atoms with E-state index in [0.717, 1.165) is 29.4 Å². The first-order valence-electron chi connectivity index (χ1n) is 9.38. The molecule has 6 heteroatoms. The highest BCUT2D eigenvalue weighted by Gasteiger charge is 2.28. The zero-order valence-electron chi connectivity index (χ0n) is 16.1. The van der Waals surface area contributed by atoms with Crippen LogP contribution in [0.25, 0.3) is 10.9 Å². The molecule has 0 atom stereocenters. The van der Waals surface area contributed by atoms with Gasteiger partial charge < -0.3 is 14.7 Å². The van der Waals surface area contributed by atoms with Crippen LogP contribution in [0, 0.1) is 5.92 Å². The minimum Gasteiger partial charge on any atom is -0.497 e. The highest BCUT2D eigenvalue weighted by atomic mass is 16.5. The summed E-state index contributed by atoms with van der Waals surface area (Å²) in [7, 11) is 1.59. The molecule has 1 aliphatic rings. The maximum atomic E-state index is 13.4. The summed E-state index contributed by atoms with van der Waals surface area (Å²) in [5.74, 6) is 0.274. The smallest absolute Gasteiger partial charge is 0.305 e. The van der Waals surface area contributed by atoms with Crippen molar-refractivity contribution in [2.24, 2.45) is 5.92 Å². The van der Waals surface area contributed by atoms with Gasteiger partial charge in [0.25, 0.3) is 5.91 Å². The van der Waals surface area contributed by atoms with E-state index in [9.17, 15) is 9.59 Å². The van der Waals surface area contributed by atoms with Crippen LogP contribution in [0.5, 0.6) is 5.75 Å². The van der Waals surface area contributed by atoms with Gasteiger partial charge in [0.15, 0.2) is 0 Å². The van der Waals surface area contributed by atoms with Gasteiger partial charge in [0.2, 0.25) is 0 Å². The Kier molecular flexibility index (Phi) is 5.63. The van der Waals surface area contributed by atoms with E-state index in [0.29, 0.717) is 23.8 Å². The Morgan fingerprint density at radius 3 is 2.63 bits per heavy atom.